The van der Waals surface area contributed by atoms with Crippen LogP contribution in [0, 0.1) is 15.9 Å². The van der Waals surface area contributed by atoms with E-state index in [2.05, 4.69) is 10.2 Å². The van der Waals surface area contributed by atoms with Gasteiger partial charge in [0.25, 0.3) is 11.6 Å². The van der Waals surface area contributed by atoms with Crippen LogP contribution in [0.1, 0.15) is 15.9 Å². The molecule has 110 valence electrons. The summed E-state index contributed by atoms with van der Waals surface area (Å²) in [5, 5.41) is 17.1. The summed E-state index contributed by atoms with van der Waals surface area (Å²) in [6.07, 6.45) is 3.09. The minimum absolute atomic E-state index is 0.164. The van der Waals surface area contributed by atoms with Crippen molar-refractivity contribution in [2.75, 3.05) is 12.8 Å². The molecule has 0 unspecified atom stereocenters. The Kier molecular flexibility index (Phi) is 3.83. The number of amides is 1. The van der Waals surface area contributed by atoms with E-state index in [9.17, 15) is 19.3 Å². The Morgan fingerprint density at radius 2 is 2.29 bits per heavy atom. The van der Waals surface area contributed by atoms with Crippen molar-refractivity contribution in [1.29, 1.82) is 0 Å². The third-order valence-corrected chi connectivity index (χ3v) is 2.90. The first-order valence-electron chi connectivity index (χ1n) is 5.87. The average molecular weight is 293 g/mol. The van der Waals surface area contributed by atoms with Crippen molar-refractivity contribution >= 4 is 17.3 Å². The number of nitrogens with zero attached hydrogens (tertiary/aromatic N) is 3. The Morgan fingerprint density at radius 3 is 2.86 bits per heavy atom. The summed E-state index contributed by atoms with van der Waals surface area (Å²) < 4.78 is 13.8. The van der Waals surface area contributed by atoms with E-state index < -0.39 is 33.6 Å². The highest BCUT2D eigenvalue weighted by atomic mass is 19.1. The topological polar surface area (TPSA) is 118 Å². The van der Waals surface area contributed by atoms with E-state index in [4.69, 9.17) is 5.73 Å². The summed E-state index contributed by atoms with van der Waals surface area (Å²) in [5.41, 5.74) is 4.76. The molecule has 9 heteroatoms. The number of rotatable bonds is 4. The summed E-state index contributed by atoms with van der Waals surface area (Å²) in [4.78, 5) is 23.5. The number of anilines is 1. The van der Waals surface area contributed by atoms with Crippen LogP contribution in [0.15, 0.2) is 24.5 Å². The van der Waals surface area contributed by atoms with Crippen molar-refractivity contribution in [3.8, 4) is 0 Å². The molecule has 2 rings (SSSR count). The molecule has 1 aromatic heterocycles. The minimum Gasteiger partial charge on any atom is -0.392 e. The van der Waals surface area contributed by atoms with E-state index in [-0.39, 0.29) is 6.54 Å². The fourth-order valence-corrected chi connectivity index (χ4v) is 1.86. The molecule has 0 aliphatic heterocycles. The third-order valence-electron chi connectivity index (χ3n) is 2.90. The van der Waals surface area contributed by atoms with E-state index in [1.54, 1.807) is 6.20 Å². The zero-order valence-corrected chi connectivity index (χ0v) is 11.0. The van der Waals surface area contributed by atoms with Crippen LogP contribution in [0.2, 0.25) is 0 Å². The van der Waals surface area contributed by atoms with Crippen LogP contribution in [0.4, 0.5) is 15.8 Å². The van der Waals surface area contributed by atoms with Crippen molar-refractivity contribution < 1.29 is 14.1 Å². The summed E-state index contributed by atoms with van der Waals surface area (Å²) >= 11 is 0. The van der Waals surface area contributed by atoms with Crippen LogP contribution in [0.5, 0.6) is 0 Å². The second-order valence-electron chi connectivity index (χ2n) is 4.38. The van der Waals surface area contributed by atoms with Crippen molar-refractivity contribution in [3.63, 3.8) is 0 Å². The maximum Gasteiger partial charge on any atom is 0.293 e. The number of nitrogens with one attached hydrogen (secondary N) is 1. The van der Waals surface area contributed by atoms with Gasteiger partial charge in [0.15, 0.2) is 0 Å². The van der Waals surface area contributed by atoms with Gasteiger partial charge >= 0.3 is 0 Å². The maximum atomic E-state index is 13.8. The third kappa shape index (κ3) is 2.81. The Balaban J connectivity index is 2.34. The number of hydrogen-bond acceptors (Lipinski definition) is 5. The molecule has 1 aromatic carbocycles. The largest absolute Gasteiger partial charge is 0.392 e. The fraction of sp³-hybridized carbons (Fsp3) is 0.167. The molecule has 1 amide bonds. The molecular weight excluding hydrogens is 281 g/mol. The van der Waals surface area contributed by atoms with Crippen molar-refractivity contribution in [1.82, 2.24) is 15.1 Å². The van der Waals surface area contributed by atoms with Crippen LogP contribution in [0.25, 0.3) is 0 Å². The number of nitrogens with two attached hydrogens (primary N) is 1. The molecule has 8 nitrogen and oxygen atoms in total. The van der Waals surface area contributed by atoms with Crippen molar-refractivity contribution in [2.45, 2.75) is 6.54 Å². The normalized spacial score (nSPS) is 10.4. The SMILES string of the molecule is CN(Cc1cn[nH]c1)C(=O)c1c(F)ccc([N+](=O)[O-])c1N. The number of halogens is 1. The first-order valence-corrected chi connectivity index (χ1v) is 5.87. The van der Waals surface area contributed by atoms with Gasteiger partial charge in [0.2, 0.25) is 0 Å². The van der Waals surface area contributed by atoms with Crippen LogP contribution in [0.3, 0.4) is 0 Å². The zero-order chi connectivity index (χ0) is 15.6. The van der Waals surface area contributed by atoms with Crippen LogP contribution < -0.4 is 5.73 Å². The van der Waals surface area contributed by atoms with E-state index in [0.717, 1.165) is 12.1 Å². The van der Waals surface area contributed by atoms with Gasteiger partial charge in [-0.25, -0.2) is 4.39 Å². The lowest BCUT2D eigenvalue weighted by atomic mass is 10.1. The Morgan fingerprint density at radius 1 is 1.57 bits per heavy atom. The molecule has 0 saturated carbocycles. The molecule has 0 spiro atoms. The lowest BCUT2D eigenvalue weighted by molar-refractivity contribution is -0.384. The number of nitro benzene ring substituents is 1. The lowest BCUT2D eigenvalue weighted by Gasteiger charge is -2.17. The van der Waals surface area contributed by atoms with E-state index in [1.807, 2.05) is 0 Å². The van der Waals surface area contributed by atoms with Gasteiger partial charge < -0.3 is 10.6 Å². The number of benzene rings is 1. The lowest BCUT2D eigenvalue weighted by Crippen LogP contribution is -2.28. The summed E-state index contributed by atoms with van der Waals surface area (Å²) in [6, 6.07) is 1.78. The molecule has 0 bridgehead atoms. The quantitative estimate of drug-likeness (QED) is 0.500. The van der Waals surface area contributed by atoms with Gasteiger partial charge in [-0.2, -0.15) is 5.10 Å². The summed E-state index contributed by atoms with van der Waals surface area (Å²) in [7, 11) is 1.44. The highest BCUT2D eigenvalue weighted by Crippen LogP contribution is 2.28. The number of H-pyrrole nitrogens is 1. The molecule has 0 atom stereocenters. The number of hydrogen-bond donors (Lipinski definition) is 2. The predicted molar refractivity (Wildman–Crippen MR) is 71.9 cm³/mol. The Hall–Kier alpha value is -2.97. The number of carbonyl (C=O) groups is 1. The van der Waals surface area contributed by atoms with Crippen molar-refractivity contribution in [3.05, 3.63) is 51.6 Å². The van der Waals surface area contributed by atoms with Gasteiger partial charge in [-0.05, 0) is 6.07 Å². The van der Waals surface area contributed by atoms with Gasteiger partial charge in [-0.1, -0.05) is 0 Å². The second kappa shape index (κ2) is 5.57. The molecule has 0 aliphatic rings. The molecule has 1 heterocycles. The molecule has 0 fully saturated rings. The second-order valence-corrected chi connectivity index (χ2v) is 4.38. The number of nitrogen functional groups attached to an aromatic ring is 1. The van der Waals surface area contributed by atoms with Gasteiger partial charge in [0.05, 0.1) is 11.1 Å². The molecule has 2 aromatic rings. The Labute approximate surface area is 118 Å². The van der Waals surface area contributed by atoms with Crippen LogP contribution in [-0.4, -0.2) is 33.0 Å². The standard InChI is InChI=1S/C12H12FN5O3/c1-17(6-7-4-15-16-5-7)12(19)10-8(13)2-3-9(11(10)14)18(20)21/h2-5H,6,14H2,1H3,(H,15,16). The summed E-state index contributed by atoms with van der Waals surface area (Å²) in [6.45, 7) is 0.164. The number of aromatic nitrogens is 2. The molecule has 21 heavy (non-hydrogen) atoms. The van der Waals surface area contributed by atoms with Crippen molar-refractivity contribution in [2.24, 2.45) is 0 Å². The monoisotopic (exact) mass is 293 g/mol. The molecule has 0 saturated heterocycles. The van der Waals surface area contributed by atoms with Gasteiger partial charge in [-0.15, -0.1) is 0 Å². The van der Waals surface area contributed by atoms with E-state index >= 15 is 0 Å². The van der Waals surface area contributed by atoms with E-state index in [1.165, 1.54) is 18.1 Å². The summed E-state index contributed by atoms with van der Waals surface area (Å²) in [5.74, 6) is -1.64. The highest BCUT2D eigenvalue weighted by Gasteiger charge is 2.26. The number of nitro groups is 1. The number of carbonyl (C=O) groups excluding carboxylic acids is 1. The van der Waals surface area contributed by atoms with Gasteiger partial charge in [0.1, 0.15) is 17.1 Å². The zero-order valence-electron chi connectivity index (χ0n) is 11.0. The van der Waals surface area contributed by atoms with Gasteiger partial charge in [0, 0.05) is 31.4 Å². The molecule has 3 N–H and O–H groups in total. The maximum absolute atomic E-state index is 13.8. The number of aromatic amines is 1. The smallest absolute Gasteiger partial charge is 0.293 e. The van der Waals surface area contributed by atoms with E-state index in [0.29, 0.717) is 5.56 Å². The molecule has 0 radical (unpaired) electrons. The van der Waals surface area contributed by atoms with Crippen LogP contribution in [-0.2, 0) is 6.54 Å². The predicted octanol–water partition coefficient (Wildman–Crippen LogP) is 1.31. The Bertz CT molecular complexity index is 686. The molecular formula is C12H12FN5O3. The first kappa shape index (κ1) is 14.4. The van der Waals surface area contributed by atoms with Crippen LogP contribution >= 0.6 is 0 Å². The fourth-order valence-electron chi connectivity index (χ4n) is 1.86. The molecule has 0 aliphatic carbocycles. The minimum atomic E-state index is -0.901. The highest BCUT2D eigenvalue weighted by molar-refractivity contribution is 6.01. The average Bonchev–Trinajstić information content (AvgIpc) is 2.90. The van der Waals surface area contributed by atoms with Gasteiger partial charge in [-0.3, -0.25) is 20.0 Å². The first-order chi connectivity index (χ1) is 9.91.